The van der Waals surface area contributed by atoms with Crippen LogP contribution in [0.15, 0.2) is 70.4 Å². The Balaban J connectivity index is 1.41. The highest BCUT2D eigenvalue weighted by atomic mass is 32.1. The standard InChI is InChI=1S/C30H39N7OS/c1-21(31)28(22(2)32-3)30(38)36-18-23-9-11-24(12-10-23)20-37(16-14-33-19-27-34-15-17-39-27)26-8-4-6-25-7-5-13-35-29(25)26/h5,7,9-13,15,17,26,33H,4,6,8,14,16,18-20,31H2,1-3H3,(H,36,38). The summed E-state index contributed by atoms with van der Waals surface area (Å²) in [5, 5.41) is 9.65. The fourth-order valence-corrected chi connectivity index (χ4v) is 5.64. The van der Waals surface area contributed by atoms with Gasteiger partial charge in [-0.1, -0.05) is 30.3 Å². The predicted molar refractivity (Wildman–Crippen MR) is 158 cm³/mol. The third-order valence-electron chi connectivity index (χ3n) is 7.12. The van der Waals surface area contributed by atoms with Crippen LogP contribution < -0.4 is 16.4 Å². The molecule has 1 amide bonds. The summed E-state index contributed by atoms with van der Waals surface area (Å²) in [6.07, 6.45) is 7.15. The van der Waals surface area contributed by atoms with E-state index in [2.05, 4.69) is 55.8 Å². The Labute approximate surface area is 235 Å². The lowest BCUT2D eigenvalue weighted by Crippen LogP contribution is -2.36. The lowest BCUT2D eigenvalue weighted by molar-refractivity contribution is -0.117. The van der Waals surface area contributed by atoms with Crippen molar-refractivity contribution in [1.29, 1.82) is 0 Å². The van der Waals surface area contributed by atoms with E-state index in [0.717, 1.165) is 49.6 Å². The van der Waals surface area contributed by atoms with Crippen LogP contribution in [0.4, 0.5) is 0 Å². The van der Waals surface area contributed by atoms with Gasteiger partial charge in [0.05, 0.1) is 17.3 Å². The zero-order valence-corrected chi connectivity index (χ0v) is 23.9. The molecule has 206 valence electrons. The third-order valence-corrected chi connectivity index (χ3v) is 7.90. The molecule has 0 radical (unpaired) electrons. The van der Waals surface area contributed by atoms with Gasteiger partial charge in [-0.2, -0.15) is 0 Å². The number of hydrogen-bond acceptors (Lipinski definition) is 8. The maximum atomic E-state index is 12.7. The first-order valence-corrected chi connectivity index (χ1v) is 14.4. The quantitative estimate of drug-likeness (QED) is 0.179. The maximum Gasteiger partial charge on any atom is 0.255 e. The zero-order valence-electron chi connectivity index (χ0n) is 23.1. The topological polar surface area (TPSA) is 109 Å². The van der Waals surface area contributed by atoms with Crippen LogP contribution in [0.3, 0.4) is 0 Å². The second-order valence-corrected chi connectivity index (χ2v) is 10.9. The first kappa shape index (κ1) is 28.6. The molecule has 4 N–H and O–H groups in total. The Kier molecular flexibility index (Phi) is 10.4. The number of aliphatic imine (C=N–C) groups is 1. The van der Waals surface area contributed by atoms with Crippen LogP contribution >= 0.6 is 11.3 Å². The number of allylic oxidation sites excluding steroid dienone is 1. The summed E-state index contributed by atoms with van der Waals surface area (Å²) in [5.74, 6) is -0.206. The molecule has 0 bridgehead atoms. The number of rotatable bonds is 12. The van der Waals surface area contributed by atoms with Crippen LogP contribution in [0.25, 0.3) is 0 Å². The average molecular weight is 546 g/mol. The van der Waals surface area contributed by atoms with E-state index in [0.29, 0.717) is 29.6 Å². The molecule has 39 heavy (non-hydrogen) atoms. The number of aryl methyl sites for hydroxylation is 1. The number of fused-ring (bicyclic) bond motifs is 1. The monoisotopic (exact) mass is 545 g/mol. The van der Waals surface area contributed by atoms with Gasteiger partial charge in [0.25, 0.3) is 5.91 Å². The van der Waals surface area contributed by atoms with E-state index in [1.165, 1.54) is 23.2 Å². The maximum absolute atomic E-state index is 12.7. The van der Waals surface area contributed by atoms with E-state index in [4.69, 9.17) is 10.7 Å². The van der Waals surface area contributed by atoms with Crippen molar-refractivity contribution in [3.63, 3.8) is 0 Å². The molecule has 2 aromatic heterocycles. The third kappa shape index (κ3) is 7.81. The summed E-state index contributed by atoms with van der Waals surface area (Å²) in [6.45, 7) is 7.35. The Morgan fingerprint density at radius 1 is 1.13 bits per heavy atom. The van der Waals surface area contributed by atoms with E-state index < -0.39 is 0 Å². The van der Waals surface area contributed by atoms with Gasteiger partial charge in [0, 0.05) is 69.0 Å². The molecule has 4 rings (SSSR count). The van der Waals surface area contributed by atoms with Crippen LogP contribution in [0, 0.1) is 0 Å². The number of nitrogens with zero attached hydrogens (tertiary/aromatic N) is 4. The minimum Gasteiger partial charge on any atom is -0.402 e. The van der Waals surface area contributed by atoms with E-state index in [1.54, 1.807) is 32.2 Å². The van der Waals surface area contributed by atoms with Crippen molar-refractivity contribution in [1.82, 2.24) is 25.5 Å². The molecule has 1 aliphatic carbocycles. The number of nitrogens with two attached hydrogens (primary N) is 1. The van der Waals surface area contributed by atoms with E-state index in [1.807, 2.05) is 23.8 Å². The summed E-state index contributed by atoms with van der Waals surface area (Å²) >= 11 is 1.68. The normalized spacial score (nSPS) is 16.1. The molecule has 3 aromatic rings. The smallest absolute Gasteiger partial charge is 0.255 e. The number of thiazole rings is 1. The Bertz CT molecular complexity index is 1280. The van der Waals surface area contributed by atoms with Gasteiger partial charge in [0.15, 0.2) is 0 Å². The predicted octanol–water partition coefficient (Wildman–Crippen LogP) is 4.15. The molecule has 1 atom stereocenters. The van der Waals surface area contributed by atoms with Crippen molar-refractivity contribution < 1.29 is 4.79 Å². The second-order valence-electron chi connectivity index (χ2n) is 9.90. The van der Waals surface area contributed by atoms with E-state index in [9.17, 15) is 4.79 Å². The molecule has 0 spiro atoms. The van der Waals surface area contributed by atoms with Crippen LogP contribution in [0.5, 0.6) is 0 Å². The van der Waals surface area contributed by atoms with Crippen LogP contribution in [0.2, 0.25) is 0 Å². The molecule has 0 saturated heterocycles. The Hall–Kier alpha value is -3.40. The van der Waals surface area contributed by atoms with Crippen LogP contribution in [-0.4, -0.2) is 46.6 Å². The van der Waals surface area contributed by atoms with Crippen molar-refractivity contribution in [3.05, 3.63) is 92.8 Å². The number of benzene rings is 1. The van der Waals surface area contributed by atoms with Crippen molar-refractivity contribution in [2.45, 2.75) is 58.8 Å². The summed E-state index contributed by atoms with van der Waals surface area (Å²) in [5.41, 5.74) is 12.3. The molecular formula is C30H39N7OS. The highest BCUT2D eigenvalue weighted by Gasteiger charge is 2.27. The summed E-state index contributed by atoms with van der Waals surface area (Å²) < 4.78 is 0. The summed E-state index contributed by atoms with van der Waals surface area (Å²) in [4.78, 5) is 28.5. The first-order valence-electron chi connectivity index (χ1n) is 13.5. The largest absolute Gasteiger partial charge is 0.402 e. The molecule has 0 fully saturated rings. The molecular weight excluding hydrogens is 506 g/mol. The highest BCUT2D eigenvalue weighted by Crippen LogP contribution is 2.33. The van der Waals surface area contributed by atoms with Gasteiger partial charge in [-0.05, 0) is 55.9 Å². The number of carbonyl (C=O) groups is 1. The van der Waals surface area contributed by atoms with E-state index in [-0.39, 0.29) is 5.91 Å². The number of carbonyl (C=O) groups excluding carboxylic acids is 1. The second kappa shape index (κ2) is 14.1. The fraction of sp³-hybridized carbons (Fsp3) is 0.400. The summed E-state index contributed by atoms with van der Waals surface area (Å²) in [6, 6.07) is 13.0. The van der Waals surface area contributed by atoms with Crippen molar-refractivity contribution >= 4 is 23.0 Å². The van der Waals surface area contributed by atoms with Gasteiger partial charge < -0.3 is 16.4 Å². The molecule has 9 heteroatoms. The Morgan fingerprint density at radius 3 is 2.64 bits per heavy atom. The molecule has 1 aliphatic rings. The lowest BCUT2D eigenvalue weighted by Gasteiger charge is -2.35. The molecule has 1 aromatic carbocycles. The van der Waals surface area contributed by atoms with E-state index >= 15 is 0 Å². The van der Waals surface area contributed by atoms with Crippen LogP contribution in [-0.2, 0) is 30.8 Å². The first-order chi connectivity index (χ1) is 19.0. The minimum atomic E-state index is -0.206. The SMILES string of the molecule is CN=C(C)C(C(=O)NCc1ccc(CN(CCNCc2nccs2)C2CCCc3cccnc32)cc1)=C(C)N. The molecule has 8 nitrogen and oxygen atoms in total. The number of hydrogen-bond donors (Lipinski definition) is 3. The Morgan fingerprint density at radius 2 is 1.92 bits per heavy atom. The van der Waals surface area contributed by atoms with Gasteiger partial charge in [-0.25, -0.2) is 4.98 Å². The molecule has 1 unspecified atom stereocenters. The van der Waals surface area contributed by atoms with Crippen LogP contribution in [0.1, 0.15) is 60.1 Å². The van der Waals surface area contributed by atoms with Gasteiger partial charge in [0.1, 0.15) is 5.01 Å². The van der Waals surface area contributed by atoms with Gasteiger partial charge >= 0.3 is 0 Å². The highest BCUT2D eigenvalue weighted by molar-refractivity contribution is 7.09. The lowest BCUT2D eigenvalue weighted by atomic mass is 9.90. The number of amides is 1. The van der Waals surface area contributed by atoms with Crippen molar-refractivity contribution in [3.8, 4) is 0 Å². The van der Waals surface area contributed by atoms with Crippen molar-refractivity contribution in [2.24, 2.45) is 10.7 Å². The molecule has 0 aliphatic heterocycles. The molecule has 2 heterocycles. The number of nitrogens with one attached hydrogen (secondary N) is 2. The number of pyridine rings is 1. The molecule has 0 saturated carbocycles. The minimum absolute atomic E-state index is 0.206. The fourth-order valence-electron chi connectivity index (χ4n) is 5.05. The van der Waals surface area contributed by atoms with Gasteiger partial charge in [0.2, 0.25) is 0 Å². The number of aromatic nitrogens is 2. The van der Waals surface area contributed by atoms with Gasteiger partial charge in [-0.3, -0.25) is 19.7 Å². The van der Waals surface area contributed by atoms with Crippen molar-refractivity contribution in [2.75, 3.05) is 20.1 Å². The average Bonchev–Trinajstić information content (AvgIpc) is 3.47. The van der Waals surface area contributed by atoms with Gasteiger partial charge in [-0.15, -0.1) is 11.3 Å². The zero-order chi connectivity index (χ0) is 27.6. The summed E-state index contributed by atoms with van der Waals surface area (Å²) in [7, 11) is 1.66.